The summed E-state index contributed by atoms with van der Waals surface area (Å²) in [6.45, 7) is 3.18. The van der Waals surface area contributed by atoms with Gasteiger partial charge >= 0.3 is 0 Å². The number of anilines is 1. The van der Waals surface area contributed by atoms with Crippen molar-refractivity contribution in [1.82, 2.24) is 4.90 Å². The normalized spacial score (nSPS) is 14.6. The molecule has 0 aliphatic carbocycles. The first-order chi connectivity index (χ1) is 12.8. The van der Waals surface area contributed by atoms with E-state index in [0.29, 0.717) is 24.3 Å². The fourth-order valence-electron chi connectivity index (χ4n) is 2.90. The lowest BCUT2D eigenvalue weighted by Crippen LogP contribution is -2.35. The summed E-state index contributed by atoms with van der Waals surface area (Å²) < 4.78 is 27.3. The summed E-state index contributed by atoms with van der Waals surface area (Å²) in [5.74, 6) is -0.200. The van der Waals surface area contributed by atoms with Crippen LogP contribution in [0, 0.1) is 0 Å². The molecule has 2 aromatic rings. The van der Waals surface area contributed by atoms with Gasteiger partial charge in [-0.2, -0.15) is 0 Å². The highest BCUT2D eigenvalue weighted by Gasteiger charge is 2.26. The van der Waals surface area contributed by atoms with E-state index >= 15 is 0 Å². The monoisotopic (exact) mass is 404 g/mol. The Kier molecular flexibility index (Phi) is 5.58. The second-order valence-electron chi connectivity index (χ2n) is 6.50. The van der Waals surface area contributed by atoms with Crippen molar-refractivity contribution >= 4 is 33.2 Å². The Morgan fingerprint density at radius 3 is 2.48 bits per heavy atom. The first-order valence-corrected chi connectivity index (χ1v) is 10.4. The van der Waals surface area contributed by atoms with Gasteiger partial charge in [-0.15, -0.1) is 0 Å². The van der Waals surface area contributed by atoms with E-state index in [0.717, 1.165) is 10.7 Å². The Bertz CT molecular complexity index is 988. The second kappa shape index (κ2) is 7.74. The van der Waals surface area contributed by atoms with Crippen molar-refractivity contribution in [1.29, 1.82) is 0 Å². The number of carbonyl (C=O) groups is 1. The molecule has 0 radical (unpaired) electrons. The SMILES string of the molecule is CC1=CCN(C(=O)c2ccc(Cl)c(S(=O)(=O)N(C)c3ccccc3)c2)CC1. The van der Waals surface area contributed by atoms with Gasteiger partial charge in [0.25, 0.3) is 15.9 Å². The third-order valence-corrected chi connectivity index (χ3v) is 6.93. The molecule has 2 aromatic carbocycles. The van der Waals surface area contributed by atoms with Crippen LogP contribution in [0.4, 0.5) is 5.69 Å². The number of nitrogens with zero attached hydrogens (tertiary/aromatic N) is 2. The Balaban J connectivity index is 1.94. The Hall–Kier alpha value is -2.31. The van der Waals surface area contributed by atoms with Crippen molar-refractivity contribution in [3.05, 3.63) is 70.8 Å². The van der Waals surface area contributed by atoms with Gasteiger partial charge in [-0.25, -0.2) is 8.42 Å². The fraction of sp³-hybridized carbons (Fsp3) is 0.250. The molecule has 1 aliphatic heterocycles. The molecule has 27 heavy (non-hydrogen) atoms. The first-order valence-electron chi connectivity index (χ1n) is 8.59. The average Bonchev–Trinajstić information content (AvgIpc) is 2.68. The predicted octanol–water partition coefficient (Wildman–Crippen LogP) is 3.96. The number of hydrogen-bond acceptors (Lipinski definition) is 3. The van der Waals surface area contributed by atoms with Crippen LogP contribution in [0.25, 0.3) is 0 Å². The summed E-state index contributed by atoms with van der Waals surface area (Å²) in [7, 11) is -2.43. The smallest absolute Gasteiger partial charge is 0.265 e. The maximum Gasteiger partial charge on any atom is 0.265 e. The van der Waals surface area contributed by atoms with Crippen LogP contribution in [0.5, 0.6) is 0 Å². The summed E-state index contributed by atoms with van der Waals surface area (Å²) in [6, 6.07) is 13.1. The largest absolute Gasteiger partial charge is 0.335 e. The lowest BCUT2D eigenvalue weighted by Gasteiger charge is -2.26. The quantitative estimate of drug-likeness (QED) is 0.725. The lowest BCUT2D eigenvalue weighted by molar-refractivity contribution is 0.0769. The van der Waals surface area contributed by atoms with Gasteiger partial charge in [0.05, 0.1) is 10.7 Å². The molecule has 0 aromatic heterocycles. The molecule has 0 unspecified atom stereocenters. The molecule has 1 heterocycles. The minimum atomic E-state index is -3.90. The number of amides is 1. The molecule has 0 saturated heterocycles. The van der Waals surface area contributed by atoms with Crippen LogP contribution in [0.3, 0.4) is 0 Å². The van der Waals surface area contributed by atoms with Crippen LogP contribution < -0.4 is 4.31 Å². The topological polar surface area (TPSA) is 57.7 Å². The standard InChI is InChI=1S/C20H21ClN2O3S/c1-15-10-12-23(13-11-15)20(24)16-8-9-18(21)19(14-16)27(25,26)22(2)17-6-4-3-5-7-17/h3-10,14H,11-13H2,1-2H3. The van der Waals surface area contributed by atoms with E-state index in [1.165, 1.54) is 24.8 Å². The summed E-state index contributed by atoms with van der Waals surface area (Å²) in [5.41, 5.74) is 2.08. The van der Waals surface area contributed by atoms with Gasteiger partial charge in [-0.3, -0.25) is 9.10 Å². The van der Waals surface area contributed by atoms with Gasteiger partial charge in [-0.05, 0) is 43.7 Å². The second-order valence-corrected chi connectivity index (χ2v) is 8.85. The number of benzene rings is 2. The molecule has 0 atom stereocenters. The van der Waals surface area contributed by atoms with Crippen molar-refractivity contribution in [2.75, 3.05) is 24.4 Å². The van der Waals surface area contributed by atoms with Crippen molar-refractivity contribution in [3.8, 4) is 0 Å². The summed E-state index contributed by atoms with van der Waals surface area (Å²) in [6.07, 6.45) is 2.83. The molecule has 7 heteroatoms. The molecule has 0 bridgehead atoms. The number of rotatable bonds is 4. The zero-order chi connectivity index (χ0) is 19.6. The predicted molar refractivity (Wildman–Crippen MR) is 108 cm³/mol. The Morgan fingerprint density at radius 1 is 1.15 bits per heavy atom. The third kappa shape index (κ3) is 4.01. The fourth-order valence-corrected chi connectivity index (χ4v) is 4.59. The minimum absolute atomic E-state index is 0.0786. The third-order valence-electron chi connectivity index (χ3n) is 4.66. The van der Waals surface area contributed by atoms with Gasteiger partial charge in [0.15, 0.2) is 0 Å². The summed E-state index contributed by atoms with van der Waals surface area (Å²) in [4.78, 5) is 14.4. The highest BCUT2D eigenvalue weighted by molar-refractivity contribution is 7.93. The van der Waals surface area contributed by atoms with Gasteiger partial charge in [0.2, 0.25) is 0 Å². The van der Waals surface area contributed by atoms with E-state index in [-0.39, 0.29) is 15.8 Å². The summed E-state index contributed by atoms with van der Waals surface area (Å²) >= 11 is 6.18. The van der Waals surface area contributed by atoms with E-state index < -0.39 is 10.0 Å². The van der Waals surface area contributed by atoms with E-state index in [1.54, 1.807) is 35.2 Å². The maximum absolute atomic E-state index is 13.1. The molecule has 1 aliphatic rings. The van der Waals surface area contributed by atoms with Crippen molar-refractivity contribution in [2.45, 2.75) is 18.2 Å². The molecule has 3 rings (SSSR count). The molecule has 1 amide bonds. The van der Waals surface area contributed by atoms with Gasteiger partial charge in [-0.1, -0.05) is 41.4 Å². The maximum atomic E-state index is 13.1. The number of halogens is 1. The molecular weight excluding hydrogens is 384 g/mol. The average molecular weight is 405 g/mol. The van der Waals surface area contributed by atoms with Crippen LogP contribution >= 0.6 is 11.6 Å². The van der Waals surface area contributed by atoms with Crippen molar-refractivity contribution in [3.63, 3.8) is 0 Å². The molecule has 5 nitrogen and oxygen atoms in total. The van der Waals surface area contributed by atoms with E-state index in [2.05, 4.69) is 0 Å². The highest BCUT2D eigenvalue weighted by atomic mass is 35.5. The van der Waals surface area contributed by atoms with Gasteiger partial charge in [0, 0.05) is 25.7 Å². The van der Waals surface area contributed by atoms with Crippen LogP contribution in [0.1, 0.15) is 23.7 Å². The van der Waals surface area contributed by atoms with Gasteiger partial charge in [0.1, 0.15) is 4.90 Å². The molecule has 0 spiro atoms. The van der Waals surface area contributed by atoms with Crippen molar-refractivity contribution < 1.29 is 13.2 Å². The van der Waals surface area contributed by atoms with E-state index in [1.807, 2.05) is 19.1 Å². The number of sulfonamides is 1. The van der Waals surface area contributed by atoms with Crippen LogP contribution in [0.2, 0.25) is 5.02 Å². The van der Waals surface area contributed by atoms with E-state index in [9.17, 15) is 13.2 Å². The molecule has 0 N–H and O–H groups in total. The zero-order valence-electron chi connectivity index (χ0n) is 15.2. The summed E-state index contributed by atoms with van der Waals surface area (Å²) in [5, 5.41) is 0.0868. The van der Waals surface area contributed by atoms with Crippen molar-refractivity contribution in [2.24, 2.45) is 0 Å². The first kappa shape index (κ1) is 19.5. The van der Waals surface area contributed by atoms with Crippen LogP contribution in [0.15, 0.2) is 65.1 Å². The lowest BCUT2D eigenvalue weighted by atomic mass is 10.1. The van der Waals surface area contributed by atoms with Crippen LogP contribution in [-0.4, -0.2) is 39.4 Å². The number of carbonyl (C=O) groups excluding carboxylic acids is 1. The van der Waals surface area contributed by atoms with Crippen LogP contribution in [-0.2, 0) is 10.0 Å². The molecule has 142 valence electrons. The zero-order valence-corrected chi connectivity index (χ0v) is 16.8. The number of hydrogen-bond donors (Lipinski definition) is 0. The number of para-hydroxylation sites is 1. The minimum Gasteiger partial charge on any atom is -0.335 e. The molecule has 0 saturated carbocycles. The Labute approximate surface area is 164 Å². The molecule has 0 fully saturated rings. The van der Waals surface area contributed by atoms with E-state index in [4.69, 9.17) is 11.6 Å². The molecular formula is C20H21ClN2O3S. The highest BCUT2D eigenvalue weighted by Crippen LogP contribution is 2.29. The van der Waals surface area contributed by atoms with Gasteiger partial charge < -0.3 is 4.90 Å². The Morgan fingerprint density at radius 2 is 1.85 bits per heavy atom.